The number of hydrogen-bond donors (Lipinski definition) is 5. The summed E-state index contributed by atoms with van der Waals surface area (Å²) >= 11 is 0. The van der Waals surface area contributed by atoms with Crippen LogP contribution in [0.5, 0.6) is 0 Å². The number of nitrogens with two attached hydrogens (primary N) is 1. The highest BCUT2D eigenvalue weighted by Crippen LogP contribution is 2.27. The Balaban J connectivity index is 1.90. The number of nitrogens with zero attached hydrogens (tertiary/aromatic N) is 4. The van der Waals surface area contributed by atoms with Crippen LogP contribution in [0.3, 0.4) is 0 Å². The number of benzene rings is 1. The maximum Gasteiger partial charge on any atom is 0.451 e. The molecular formula is C22H21F4N9. The monoisotopic (exact) mass is 487 g/mol. The molecule has 1 atom stereocenters. The summed E-state index contributed by atoms with van der Waals surface area (Å²) in [4.78, 5) is 14.6. The first-order valence-corrected chi connectivity index (χ1v) is 10.2. The van der Waals surface area contributed by atoms with E-state index in [0.717, 1.165) is 24.9 Å². The average molecular weight is 487 g/mol. The summed E-state index contributed by atoms with van der Waals surface area (Å²) in [5.74, 6) is -1.77. The molecule has 2 aromatic heterocycles. The second kappa shape index (κ2) is 10.7. The first-order chi connectivity index (χ1) is 16.7. The Morgan fingerprint density at radius 3 is 2.43 bits per heavy atom. The second-order valence-electron chi connectivity index (χ2n) is 7.17. The van der Waals surface area contributed by atoms with Crippen LogP contribution in [-0.4, -0.2) is 37.9 Å². The molecule has 0 bridgehead atoms. The van der Waals surface area contributed by atoms with Crippen LogP contribution >= 0.6 is 0 Å². The number of nitrogens with one attached hydrogen (secondary N) is 4. The van der Waals surface area contributed by atoms with Crippen molar-refractivity contribution in [3.05, 3.63) is 77.5 Å². The molecule has 0 spiro atoms. The van der Waals surface area contributed by atoms with Crippen molar-refractivity contribution in [3.8, 4) is 0 Å². The minimum absolute atomic E-state index is 0.0281. The van der Waals surface area contributed by atoms with Crippen LogP contribution < -0.4 is 16.4 Å². The maximum absolute atomic E-state index is 13.9. The largest absolute Gasteiger partial charge is 0.451 e. The van der Waals surface area contributed by atoms with Gasteiger partial charge in [-0.3, -0.25) is 5.41 Å². The Labute approximate surface area is 197 Å². The molecule has 3 aromatic rings. The van der Waals surface area contributed by atoms with Crippen molar-refractivity contribution in [2.24, 2.45) is 0 Å². The van der Waals surface area contributed by atoms with E-state index in [1.54, 1.807) is 18.2 Å². The maximum atomic E-state index is 13.9. The molecule has 0 fully saturated rings. The van der Waals surface area contributed by atoms with Gasteiger partial charge in [-0.25, -0.2) is 24.3 Å². The van der Waals surface area contributed by atoms with E-state index in [1.807, 2.05) is 6.92 Å². The molecule has 9 nitrogen and oxygen atoms in total. The summed E-state index contributed by atoms with van der Waals surface area (Å²) in [6.45, 7) is 1.83. The van der Waals surface area contributed by atoms with Crippen LogP contribution in [-0.2, 0) is 6.18 Å². The van der Waals surface area contributed by atoms with Crippen LogP contribution in [0.2, 0.25) is 0 Å². The van der Waals surface area contributed by atoms with Gasteiger partial charge in [0.25, 0.3) is 0 Å². The number of aromatic nitrogens is 4. The zero-order chi connectivity index (χ0) is 25.6. The molecule has 0 aliphatic heterocycles. The third kappa shape index (κ3) is 5.93. The molecule has 0 saturated carbocycles. The van der Waals surface area contributed by atoms with Crippen LogP contribution in [0.4, 0.5) is 34.9 Å². The van der Waals surface area contributed by atoms with Gasteiger partial charge in [0, 0.05) is 35.9 Å². The minimum atomic E-state index is -4.72. The lowest BCUT2D eigenvalue weighted by atomic mass is 10.0. The number of halogens is 4. The Hall–Kier alpha value is -4.42. The van der Waals surface area contributed by atoms with E-state index in [2.05, 4.69) is 30.6 Å². The fourth-order valence-electron chi connectivity index (χ4n) is 3.07. The fourth-order valence-corrected chi connectivity index (χ4v) is 3.07. The highest BCUT2D eigenvalue weighted by molar-refractivity contribution is 6.16. The number of anilines is 3. The molecule has 0 aliphatic carbocycles. The molecule has 0 saturated heterocycles. The summed E-state index contributed by atoms with van der Waals surface area (Å²) < 4.78 is 52.3. The van der Waals surface area contributed by atoms with E-state index in [-0.39, 0.29) is 34.2 Å². The Morgan fingerprint density at radius 2 is 1.83 bits per heavy atom. The molecular weight excluding hydrogens is 466 g/mol. The van der Waals surface area contributed by atoms with Crippen molar-refractivity contribution in [2.45, 2.75) is 25.6 Å². The summed E-state index contributed by atoms with van der Waals surface area (Å²) in [7, 11) is 0. The van der Waals surface area contributed by atoms with Gasteiger partial charge >= 0.3 is 6.18 Å². The van der Waals surface area contributed by atoms with E-state index in [1.165, 1.54) is 12.3 Å². The highest BCUT2D eigenvalue weighted by atomic mass is 19.4. The number of hydrogen-bond acceptors (Lipinski definition) is 9. The third-order valence-electron chi connectivity index (χ3n) is 4.88. The lowest BCUT2D eigenvalue weighted by molar-refractivity contribution is -0.145. The van der Waals surface area contributed by atoms with Crippen LogP contribution in [0.1, 0.15) is 30.3 Å². The first kappa shape index (κ1) is 25.2. The topological polar surface area (TPSA) is 149 Å². The predicted molar refractivity (Wildman–Crippen MR) is 124 cm³/mol. The highest BCUT2D eigenvalue weighted by Gasteiger charge is 2.34. The Morgan fingerprint density at radius 1 is 1.14 bits per heavy atom. The van der Waals surface area contributed by atoms with Gasteiger partial charge in [-0.2, -0.15) is 13.2 Å². The zero-order valence-electron chi connectivity index (χ0n) is 18.4. The van der Waals surface area contributed by atoms with E-state index >= 15 is 0 Å². The van der Waals surface area contributed by atoms with E-state index in [0.29, 0.717) is 12.0 Å². The zero-order valence-corrected chi connectivity index (χ0v) is 18.4. The van der Waals surface area contributed by atoms with Gasteiger partial charge in [-0.05, 0) is 18.6 Å². The average Bonchev–Trinajstić information content (AvgIpc) is 2.84. The predicted octanol–water partition coefficient (Wildman–Crippen LogP) is 4.26. The third-order valence-corrected chi connectivity index (χ3v) is 4.88. The standard InChI is InChI=1S/C22H21F4N9/c1-2-15(12(7-27)8-30-16-6-4-3-5-14(16)23)35-20-17(19(29)33-11-34-20)18(28)13-9-31-21(32-10-13)22(24,25)26/h3-11,15,27-28,30H,2H2,1H3,(H3,29,33,34,35)/b12-8+,27-7?,28-18?. The van der Waals surface area contributed by atoms with Gasteiger partial charge in [0.05, 0.1) is 23.0 Å². The van der Waals surface area contributed by atoms with Crippen LogP contribution in [0.25, 0.3) is 0 Å². The molecule has 0 aliphatic rings. The molecule has 6 N–H and O–H groups in total. The summed E-state index contributed by atoms with van der Waals surface area (Å²) in [5.41, 5.74) is 6.33. The summed E-state index contributed by atoms with van der Waals surface area (Å²) in [5, 5.41) is 22.2. The van der Waals surface area contributed by atoms with Gasteiger partial charge in [0.2, 0.25) is 5.82 Å². The molecule has 0 amide bonds. The van der Waals surface area contributed by atoms with Gasteiger partial charge in [-0.15, -0.1) is 0 Å². The fraction of sp³-hybridized carbons (Fsp3) is 0.182. The molecule has 35 heavy (non-hydrogen) atoms. The van der Waals surface area contributed by atoms with Crippen LogP contribution in [0.15, 0.2) is 54.8 Å². The SMILES string of the molecule is CCC(Nc1ncnc(N)c1C(=N)c1cnc(C(F)(F)F)nc1)/C(C=N)=C/Nc1ccccc1F. The van der Waals surface area contributed by atoms with Crippen molar-refractivity contribution >= 4 is 29.2 Å². The van der Waals surface area contributed by atoms with Crippen molar-refractivity contribution in [3.63, 3.8) is 0 Å². The smallest absolute Gasteiger partial charge is 0.383 e. The second-order valence-corrected chi connectivity index (χ2v) is 7.17. The summed E-state index contributed by atoms with van der Waals surface area (Å²) in [6, 6.07) is 5.53. The molecule has 182 valence electrons. The number of nitrogen functional groups attached to an aromatic ring is 1. The number of rotatable bonds is 9. The van der Waals surface area contributed by atoms with Gasteiger partial charge in [0.15, 0.2) is 0 Å². The Kier molecular flexibility index (Phi) is 7.69. The van der Waals surface area contributed by atoms with Crippen molar-refractivity contribution in [1.29, 1.82) is 10.8 Å². The number of para-hydroxylation sites is 1. The Bertz CT molecular complexity index is 1240. The molecule has 1 aromatic carbocycles. The van der Waals surface area contributed by atoms with E-state index < -0.39 is 23.9 Å². The molecule has 3 rings (SSSR count). The van der Waals surface area contributed by atoms with Crippen molar-refractivity contribution in [1.82, 2.24) is 19.9 Å². The van der Waals surface area contributed by atoms with Crippen molar-refractivity contribution < 1.29 is 17.6 Å². The molecule has 2 heterocycles. The van der Waals surface area contributed by atoms with E-state index in [4.69, 9.17) is 16.6 Å². The van der Waals surface area contributed by atoms with Gasteiger partial charge < -0.3 is 21.8 Å². The number of alkyl halides is 3. The van der Waals surface area contributed by atoms with Crippen molar-refractivity contribution in [2.75, 3.05) is 16.4 Å². The van der Waals surface area contributed by atoms with Crippen LogP contribution in [0, 0.1) is 16.6 Å². The quantitative estimate of drug-likeness (QED) is 0.224. The lowest BCUT2D eigenvalue weighted by Crippen LogP contribution is -2.25. The minimum Gasteiger partial charge on any atom is -0.383 e. The van der Waals surface area contributed by atoms with Gasteiger partial charge in [-0.1, -0.05) is 19.1 Å². The van der Waals surface area contributed by atoms with Gasteiger partial charge in [0.1, 0.15) is 23.8 Å². The summed E-state index contributed by atoms with van der Waals surface area (Å²) in [6.07, 6.45) is 1.18. The molecule has 1 unspecified atom stereocenters. The first-order valence-electron chi connectivity index (χ1n) is 10.2. The lowest BCUT2D eigenvalue weighted by Gasteiger charge is -2.21. The van der Waals surface area contributed by atoms with E-state index in [9.17, 15) is 17.6 Å². The molecule has 0 radical (unpaired) electrons. The normalized spacial score (nSPS) is 12.7. The molecule has 13 heteroatoms.